The number of anilines is 1. The van der Waals surface area contributed by atoms with Crippen molar-refractivity contribution in [1.82, 2.24) is 20.0 Å². The largest absolute Gasteiger partial charge is 0.497 e. The Morgan fingerprint density at radius 3 is 2.57 bits per heavy atom. The molecule has 2 heterocycles. The Labute approximate surface area is 243 Å². The number of nitrogens with one attached hydrogen (secondary N) is 2. The summed E-state index contributed by atoms with van der Waals surface area (Å²) in [5.41, 5.74) is 1.65. The number of carbonyl (C=O) groups is 3. The topological polar surface area (TPSA) is 126 Å². The van der Waals surface area contributed by atoms with Gasteiger partial charge in [-0.15, -0.1) is 0 Å². The summed E-state index contributed by atoms with van der Waals surface area (Å²) in [7, 11) is 4.82. The van der Waals surface area contributed by atoms with Crippen molar-refractivity contribution in [3.05, 3.63) is 59.7 Å². The van der Waals surface area contributed by atoms with Gasteiger partial charge in [0.15, 0.2) is 0 Å². The lowest BCUT2D eigenvalue weighted by Gasteiger charge is -2.37. The summed E-state index contributed by atoms with van der Waals surface area (Å²) in [4.78, 5) is 42.0. The zero-order chi connectivity index (χ0) is 30.6. The van der Waals surface area contributed by atoms with Gasteiger partial charge in [0, 0.05) is 43.9 Å². The van der Waals surface area contributed by atoms with Crippen LogP contribution in [0.4, 0.5) is 14.9 Å². The average Bonchev–Trinajstić information content (AvgIpc) is 3.46. The number of fused-ring (bicyclic) bond motifs is 1. The van der Waals surface area contributed by atoms with Crippen LogP contribution in [0.1, 0.15) is 38.3 Å². The number of methoxy groups -OCH3 is 1. The molecule has 1 atom stereocenters. The third kappa shape index (κ3) is 7.17. The molecule has 42 heavy (non-hydrogen) atoms. The molecule has 3 aromatic rings. The number of hydrogen-bond acceptors (Lipinski definition) is 7. The molecule has 1 aliphatic rings. The first-order chi connectivity index (χ1) is 19.9. The third-order valence-electron chi connectivity index (χ3n) is 6.68. The standard InChI is InChI=1S/C30H36FN5O6/c1-30(2,3)42-29(39)36-17-18-7-8-21(40-6)11-19(18)12-25(36)28(38)34-24-14-23(31)22(20-15-32-33-16-20)13-26(24)41-10-9-27(37)35(4)5/h7-8,11,13-16,25H,9-10,12,17H2,1-6H3,(H,32,33)(H,34,38)/t25-/m1/s1. The number of aromatic amines is 1. The smallest absolute Gasteiger partial charge is 0.411 e. The zero-order valence-electron chi connectivity index (χ0n) is 24.6. The van der Waals surface area contributed by atoms with E-state index in [1.807, 2.05) is 12.1 Å². The van der Waals surface area contributed by atoms with Crippen LogP contribution in [-0.2, 0) is 27.3 Å². The molecule has 0 saturated carbocycles. The maximum Gasteiger partial charge on any atom is 0.411 e. The first kappa shape index (κ1) is 30.4. The molecule has 1 aromatic heterocycles. The monoisotopic (exact) mass is 581 g/mol. The summed E-state index contributed by atoms with van der Waals surface area (Å²) in [5.74, 6) is -0.542. The van der Waals surface area contributed by atoms with Crippen LogP contribution in [-0.4, -0.2) is 77.4 Å². The van der Waals surface area contributed by atoms with E-state index in [2.05, 4.69) is 15.5 Å². The van der Waals surface area contributed by atoms with E-state index in [0.29, 0.717) is 11.3 Å². The molecule has 0 aliphatic carbocycles. The fourth-order valence-corrected chi connectivity index (χ4v) is 4.51. The van der Waals surface area contributed by atoms with E-state index < -0.39 is 29.5 Å². The van der Waals surface area contributed by atoms with Crippen LogP contribution in [0.15, 0.2) is 42.7 Å². The summed E-state index contributed by atoms with van der Waals surface area (Å²) >= 11 is 0. The van der Waals surface area contributed by atoms with Gasteiger partial charge >= 0.3 is 6.09 Å². The van der Waals surface area contributed by atoms with Crippen LogP contribution in [0, 0.1) is 5.82 Å². The van der Waals surface area contributed by atoms with E-state index in [1.165, 1.54) is 28.3 Å². The van der Waals surface area contributed by atoms with Crippen LogP contribution >= 0.6 is 0 Å². The van der Waals surface area contributed by atoms with Crippen molar-refractivity contribution in [3.63, 3.8) is 0 Å². The minimum atomic E-state index is -0.973. The number of nitrogens with zero attached hydrogens (tertiary/aromatic N) is 3. The molecule has 0 radical (unpaired) electrons. The first-order valence-electron chi connectivity index (χ1n) is 13.5. The van der Waals surface area contributed by atoms with E-state index in [1.54, 1.807) is 48.0 Å². The predicted octanol–water partition coefficient (Wildman–Crippen LogP) is 4.38. The first-order valence-corrected chi connectivity index (χ1v) is 13.5. The van der Waals surface area contributed by atoms with Crippen LogP contribution < -0.4 is 14.8 Å². The Morgan fingerprint density at radius 1 is 1.17 bits per heavy atom. The van der Waals surface area contributed by atoms with Crippen LogP contribution in [0.2, 0.25) is 0 Å². The minimum Gasteiger partial charge on any atom is -0.497 e. The van der Waals surface area contributed by atoms with Gasteiger partial charge in [-0.1, -0.05) is 6.07 Å². The van der Waals surface area contributed by atoms with E-state index in [0.717, 1.165) is 17.2 Å². The maximum absolute atomic E-state index is 15.3. The summed E-state index contributed by atoms with van der Waals surface area (Å²) in [6.07, 6.45) is 2.60. The number of rotatable bonds is 8. The van der Waals surface area contributed by atoms with Crippen LogP contribution in [0.25, 0.3) is 11.1 Å². The Bertz CT molecular complexity index is 1450. The van der Waals surface area contributed by atoms with Crippen molar-refractivity contribution in [3.8, 4) is 22.6 Å². The van der Waals surface area contributed by atoms with E-state index in [4.69, 9.17) is 14.2 Å². The number of carbonyl (C=O) groups excluding carboxylic acids is 3. The zero-order valence-corrected chi connectivity index (χ0v) is 24.6. The number of aromatic nitrogens is 2. The number of benzene rings is 2. The van der Waals surface area contributed by atoms with Gasteiger partial charge in [-0.05, 0) is 50.1 Å². The highest BCUT2D eigenvalue weighted by atomic mass is 19.1. The predicted molar refractivity (Wildman–Crippen MR) is 154 cm³/mol. The quantitative estimate of drug-likeness (QED) is 0.404. The molecule has 11 nitrogen and oxygen atoms in total. The molecule has 0 fully saturated rings. The fraction of sp³-hybridized carbons (Fsp3) is 0.400. The van der Waals surface area contributed by atoms with Gasteiger partial charge in [-0.3, -0.25) is 19.6 Å². The minimum absolute atomic E-state index is 0.00300. The lowest BCUT2D eigenvalue weighted by Crippen LogP contribution is -2.52. The lowest BCUT2D eigenvalue weighted by molar-refractivity contribution is -0.129. The molecule has 2 N–H and O–H groups in total. The van der Waals surface area contributed by atoms with Crippen molar-refractivity contribution in [1.29, 1.82) is 0 Å². The Kier molecular flexibility index (Phi) is 9.03. The molecule has 4 rings (SSSR count). The number of halogens is 1. The summed E-state index contributed by atoms with van der Waals surface area (Å²) in [6.45, 7) is 5.38. The van der Waals surface area contributed by atoms with Crippen molar-refractivity contribution in [2.75, 3.05) is 33.1 Å². The van der Waals surface area contributed by atoms with Gasteiger partial charge in [0.05, 0.1) is 38.6 Å². The van der Waals surface area contributed by atoms with Gasteiger partial charge in [0.2, 0.25) is 11.8 Å². The molecule has 0 bridgehead atoms. The second-order valence-corrected chi connectivity index (χ2v) is 11.2. The van der Waals surface area contributed by atoms with Gasteiger partial charge in [0.25, 0.3) is 0 Å². The fourth-order valence-electron chi connectivity index (χ4n) is 4.51. The highest BCUT2D eigenvalue weighted by Crippen LogP contribution is 2.35. The molecule has 2 aromatic carbocycles. The van der Waals surface area contributed by atoms with E-state index in [-0.39, 0.29) is 48.9 Å². The second kappa shape index (κ2) is 12.5. The number of amides is 3. The Hall–Kier alpha value is -4.61. The molecule has 1 aliphatic heterocycles. The summed E-state index contributed by atoms with van der Waals surface area (Å²) < 4.78 is 32.2. The average molecular weight is 582 g/mol. The van der Waals surface area contributed by atoms with E-state index in [9.17, 15) is 14.4 Å². The van der Waals surface area contributed by atoms with E-state index >= 15 is 4.39 Å². The van der Waals surface area contributed by atoms with Gasteiger partial charge < -0.3 is 24.4 Å². The van der Waals surface area contributed by atoms with Crippen molar-refractivity contribution in [2.24, 2.45) is 0 Å². The van der Waals surface area contributed by atoms with Crippen molar-refractivity contribution >= 4 is 23.6 Å². The highest BCUT2D eigenvalue weighted by Gasteiger charge is 2.37. The number of H-pyrrole nitrogens is 1. The molecule has 0 saturated heterocycles. The van der Waals surface area contributed by atoms with Crippen molar-refractivity contribution < 1.29 is 33.0 Å². The molecule has 12 heteroatoms. The van der Waals surface area contributed by atoms with Gasteiger partial charge in [-0.2, -0.15) is 5.10 Å². The molecular weight excluding hydrogens is 545 g/mol. The summed E-state index contributed by atoms with van der Waals surface area (Å²) in [5, 5.41) is 9.28. The number of hydrogen-bond donors (Lipinski definition) is 2. The van der Waals surface area contributed by atoms with Crippen LogP contribution in [0.5, 0.6) is 11.5 Å². The van der Waals surface area contributed by atoms with Gasteiger partial charge in [0.1, 0.15) is 29.0 Å². The second-order valence-electron chi connectivity index (χ2n) is 11.2. The molecule has 0 unspecified atom stereocenters. The van der Waals surface area contributed by atoms with Crippen molar-refractivity contribution in [2.45, 2.75) is 51.8 Å². The lowest BCUT2D eigenvalue weighted by atomic mass is 9.93. The Balaban J connectivity index is 1.66. The molecule has 224 valence electrons. The Morgan fingerprint density at radius 2 is 1.93 bits per heavy atom. The van der Waals surface area contributed by atoms with Crippen LogP contribution in [0.3, 0.4) is 0 Å². The molecule has 3 amide bonds. The number of ether oxygens (including phenoxy) is 3. The SMILES string of the molecule is COc1ccc2c(c1)C[C@H](C(=O)Nc1cc(F)c(-c3cn[nH]c3)cc1OCCC(=O)N(C)C)N(C(=O)OC(C)(C)C)C2. The highest BCUT2D eigenvalue weighted by molar-refractivity contribution is 5.98. The molecule has 0 spiro atoms. The normalized spacial score (nSPS) is 14.5. The summed E-state index contributed by atoms with van der Waals surface area (Å²) in [6, 6.07) is 7.10. The third-order valence-corrected chi connectivity index (χ3v) is 6.68. The molecular formula is C30H36FN5O6. The van der Waals surface area contributed by atoms with Gasteiger partial charge in [-0.25, -0.2) is 9.18 Å². The maximum atomic E-state index is 15.3.